The van der Waals surface area contributed by atoms with Crippen LogP contribution in [0.15, 0.2) is 30.3 Å². The summed E-state index contributed by atoms with van der Waals surface area (Å²) in [4.78, 5) is 12.6. The SMILES string of the molecule is CC[C@H](C)CCOC(=O)c1snnc1-c1ccccc1. The lowest BCUT2D eigenvalue weighted by atomic mass is 10.1. The van der Waals surface area contributed by atoms with Gasteiger partial charge in [0.15, 0.2) is 4.88 Å². The molecule has 5 heteroatoms. The molecule has 0 saturated carbocycles. The number of rotatable bonds is 6. The molecule has 106 valence electrons. The third-order valence-corrected chi connectivity index (χ3v) is 3.97. The van der Waals surface area contributed by atoms with Crippen LogP contribution in [0.5, 0.6) is 0 Å². The Morgan fingerprint density at radius 2 is 2.10 bits per heavy atom. The Kier molecular flexibility index (Phi) is 5.24. The molecule has 4 nitrogen and oxygen atoms in total. The molecule has 0 fully saturated rings. The normalized spacial score (nSPS) is 12.1. The number of carbonyl (C=O) groups excluding carboxylic acids is 1. The van der Waals surface area contributed by atoms with Crippen LogP contribution in [0, 0.1) is 5.92 Å². The topological polar surface area (TPSA) is 52.1 Å². The molecule has 0 aliphatic rings. The Morgan fingerprint density at radius 1 is 1.35 bits per heavy atom. The highest BCUT2D eigenvalue weighted by Gasteiger charge is 2.19. The molecule has 0 saturated heterocycles. The van der Waals surface area contributed by atoms with Gasteiger partial charge < -0.3 is 4.74 Å². The number of hydrogen-bond donors (Lipinski definition) is 0. The molecule has 0 bridgehead atoms. The lowest BCUT2D eigenvalue weighted by Gasteiger charge is -2.08. The van der Waals surface area contributed by atoms with Crippen molar-refractivity contribution in [2.24, 2.45) is 5.92 Å². The van der Waals surface area contributed by atoms with E-state index in [1.54, 1.807) is 0 Å². The summed E-state index contributed by atoms with van der Waals surface area (Å²) in [5, 5.41) is 4.03. The Morgan fingerprint density at radius 3 is 2.80 bits per heavy atom. The van der Waals surface area contributed by atoms with E-state index in [1.807, 2.05) is 30.3 Å². The second kappa shape index (κ2) is 7.14. The van der Waals surface area contributed by atoms with Gasteiger partial charge in [-0.1, -0.05) is 55.1 Å². The Balaban J connectivity index is 2.03. The van der Waals surface area contributed by atoms with E-state index in [-0.39, 0.29) is 5.97 Å². The van der Waals surface area contributed by atoms with Crippen molar-refractivity contribution in [3.8, 4) is 11.3 Å². The van der Waals surface area contributed by atoms with Gasteiger partial charge in [0.05, 0.1) is 6.61 Å². The first-order chi connectivity index (χ1) is 9.72. The maximum Gasteiger partial charge on any atom is 0.352 e. The quantitative estimate of drug-likeness (QED) is 0.759. The molecule has 0 aliphatic heterocycles. The molecule has 0 radical (unpaired) electrons. The van der Waals surface area contributed by atoms with Gasteiger partial charge in [-0.3, -0.25) is 0 Å². The Bertz CT molecular complexity index is 554. The smallest absolute Gasteiger partial charge is 0.352 e. The van der Waals surface area contributed by atoms with E-state index >= 15 is 0 Å². The van der Waals surface area contributed by atoms with Crippen molar-refractivity contribution in [2.45, 2.75) is 26.7 Å². The zero-order valence-electron chi connectivity index (χ0n) is 11.7. The molecule has 0 N–H and O–H groups in total. The second-order valence-electron chi connectivity index (χ2n) is 4.75. The highest BCUT2D eigenvalue weighted by Crippen LogP contribution is 2.24. The molecule has 20 heavy (non-hydrogen) atoms. The summed E-state index contributed by atoms with van der Waals surface area (Å²) in [5.41, 5.74) is 1.49. The summed E-state index contributed by atoms with van der Waals surface area (Å²) in [5.74, 6) is 0.234. The lowest BCUT2D eigenvalue weighted by Crippen LogP contribution is -2.08. The Labute approximate surface area is 123 Å². The molecule has 0 spiro atoms. The van der Waals surface area contributed by atoms with E-state index in [4.69, 9.17) is 4.74 Å². The molecule has 1 heterocycles. The molecule has 1 aromatic carbocycles. The fourth-order valence-electron chi connectivity index (χ4n) is 1.73. The number of nitrogens with zero attached hydrogens (tertiary/aromatic N) is 2. The summed E-state index contributed by atoms with van der Waals surface area (Å²) in [6.45, 7) is 4.73. The van der Waals surface area contributed by atoms with Gasteiger partial charge in [-0.2, -0.15) is 0 Å². The van der Waals surface area contributed by atoms with Crippen LogP contribution in [0.1, 0.15) is 36.4 Å². The second-order valence-corrected chi connectivity index (χ2v) is 5.51. The average molecular weight is 290 g/mol. The van der Waals surface area contributed by atoms with Gasteiger partial charge in [-0.15, -0.1) is 5.10 Å². The van der Waals surface area contributed by atoms with Crippen LogP contribution in [0.4, 0.5) is 0 Å². The fraction of sp³-hybridized carbons (Fsp3) is 0.400. The fourth-order valence-corrected chi connectivity index (χ4v) is 2.31. The summed E-state index contributed by atoms with van der Waals surface area (Å²) < 4.78 is 9.18. The van der Waals surface area contributed by atoms with E-state index in [0.717, 1.165) is 29.9 Å². The van der Waals surface area contributed by atoms with Crippen LogP contribution in [-0.4, -0.2) is 22.2 Å². The van der Waals surface area contributed by atoms with Crippen molar-refractivity contribution in [2.75, 3.05) is 6.61 Å². The number of aromatic nitrogens is 2. The molecule has 2 aromatic rings. The molecule has 1 aromatic heterocycles. The summed E-state index contributed by atoms with van der Waals surface area (Å²) >= 11 is 1.08. The Hall–Kier alpha value is -1.75. The highest BCUT2D eigenvalue weighted by atomic mass is 32.1. The number of carbonyl (C=O) groups is 1. The van der Waals surface area contributed by atoms with E-state index in [9.17, 15) is 4.79 Å². The van der Waals surface area contributed by atoms with Crippen LogP contribution in [0.2, 0.25) is 0 Å². The maximum atomic E-state index is 12.1. The van der Waals surface area contributed by atoms with Crippen molar-refractivity contribution in [3.05, 3.63) is 35.2 Å². The number of ether oxygens (including phenoxy) is 1. The van der Waals surface area contributed by atoms with E-state index in [0.29, 0.717) is 23.1 Å². The third kappa shape index (κ3) is 3.63. The van der Waals surface area contributed by atoms with Gasteiger partial charge in [0.2, 0.25) is 0 Å². The van der Waals surface area contributed by atoms with Crippen LogP contribution in [-0.2, 0) is 4.74 Å². The van der Waals surface area contributed by atoms with E-state index in [1.165, 1.54) is 0 Å². The van der Waals surface area contributed by atoms with Gasteiger partial charge in [0, 0.05) is 5.56 Å². The monoisotopic (exact) mass is 290 g/mol. The van der Waals surface area contributed by atoms with Crippen LogP contribution in [0.25, 0.3) is 11.3 Å². The van der Waals surface area contributed by atoms with Crippen molar-refractivity contribution < 1.29 is 9.53 Å². The molecule has 0 unspecified atom stereocenters. The molecule has 0 aliphatic carbocycles. The molecular weight excluding hydrogens is 272 g/mol. The van der Waals surface area contributed by atoms with Crippen molar-refractivity contribution >= 4 is 17.5 Å². The van der Waals surface area contributed by atoms with Crippen LogP contribution < -0.4 is 0 Å². The summed E-state index contributed by atoms with van der Waals surface area (Å²) in [6, 6.07) is 9.56. The maximum absolute atomic E-state index is 12.1. The first-order valence-electron chi connectivity index (χ1n) is 6.77. The van der Waals surface area contributed by atoms with Crippen LogP contribution >= 0.6 is 11.5 Å². The minimum Gasteiger partial charge on any atom is -0.461 e. The molecule has 0 amide bonds. The van der Waals surface area contributed by atoms with Gasteiger partial charge in [0.1, 0.15) is 5.69 Å². The van der Waals surface area contributed by atoms with Crippen LogP contribution in [0.3, 0.4) is 0 Å². The predicted octanol–water partition coefficient (Wildman–Crippen LogP) is 3.80. The van der Waals surface area contributed by atoms with E-state index < -0.39 is 0 Å². The average Bonchev–Trinajstić information content (AvgIpc) is 2.97. The lowest BCUT2D eigenvalue weighted by molar-refractivity contribution is 0.0491. The molecular formula is C15H18N2O2S. The van der Waals surface area contributed by atoms with Gasteiger partial charge in [0.25, 0.3) is 0 Å². The summed E-state index contributed by atoms with van der Waals surface area (Å²) in [7, 11) is 0. The minimum atomic E-state index is -0.331. The summed E-state index contributed by atoms with van der Waals surface area (Å²) in [6.07, 6.45) is 1.98. The van der Waals surface area contributed by atoms with E-state index in [2.05, 4.69) is 23.4 Å². The first-order valence-corrected chi connectivity index (χ1v) is 7.54. The number of benzene rings is 1. The number of hydrogen-bond acceptors (Lipinski definition) is 5. The molecule has 2 rings (SSSR count). The van der Waals surface area contributed by atoms with Gasteiger partial charge in [-0.05, 0) is 23.9 Å². The van der Waals surface area contributed by atoms with Gasteiger partial charge >= 0.3 is 5.97 Å². The third-order valence-electron chi connectivity index (χ3n) is 3.26. The molecule has 1 atom stereocenters. The minimum absolute atomic E-state index is 0.331. The van der Waals surface area contributed by atoms with Crippen molar-refractivity contribution in [3.63, 3.8) is 0 Å². The highest BCUT2D eigenvalue weighted by molar-refractivity contribution is 7.08. The number of esters is 1. The van der Waals surface area contributed by atoms with Crippen molar-refractivity contribution in [1.29, 1.82) is 0 Å². The first kappa shape index (κ1) is 14.7. The predicted molar refractivity (Wildman–Crippen MR) is 79.7 cm³/mol. The van der Waals surface area contributed by atoms with Gasteiger partial charge in [-0.25, -0.2) is 4.79 Å². The van der Waals surface area contributed by atoms with Crippen molar-refractivity contribution in [1.82, 2.24) is 9.59 Å². The zero-order valence-corrected chi connectivity index (χ0v) is 12.5. The largest absolute Gasteiger partial charge is 0.461 e. The standard InChI is InChI=1S/C15H18N2O2S/c1-3-11(2)9-10-19-15(18)14-13(16-17-20-14)12-7-5-4-6-8-12/h4-8,11H,3,9-10H2,1-2H3/t11-/m0/s1. The zero-order chi connectivity index (χ0) is 14.4.